The lowest BCUT2D eigenvalue weighted by Gasteiger charge is -2.21. The van der Waals surface area contributed by atoms with Gasteiger partial charge in [0.2, 0.25) is 0 Å². The second-order valence-electron chi connectivity index (χ2n) is 4.74. The zero-order valence-corrected chi connectivity index (χ0v) is 13.8. The zero-order chi connectivity index (χ0) is 16.0. The van der Waals surface area contributed by atoms with Gasteiger partial charge in [-0.1, -0.05) is 15.9 Å². The molecule has 0 unspecified atom stereocenters. The van der Waals surface area contributed by atoms with Crippen LogP contribution in [0.5, 0.6) is 5.75 Å². The quantitative estimate of drug-likeness (QED) is 0.796. The number of benzene rings is 1. The third-order valence-electron chi connectivity index (χ3n) is 2.90. The van der Waals surface area contributed by atoms with E-state index in [2.05, 4.69) is 15.9 Å². The molecule has 0 saturated carbocycles. The molecular weight excluding hydrogens is 338 g/mol. The van der Waals surface area contributed by atoms with Gasteiger partial charge in [-0.2, -0.15) is 0 Å². The number of carboxylic acids is 1. The van der Waals surface area contributed by atoms with Crippen molar-refractivity contribution in [3.05, 3.63) is 34.3 Å². The molecule has 0 aliphatic heterocycles. The summed E-state index contributed by atoms with van der Waals surface area (Å²) in [5.41, 5.74) is 0.666. The van der Waals surface area contributed by atoms with E-state index in [1.54, 1.807) is 30.1 Å². The fraction of sp³-hybridized carbons (Fsp3) is 0.333. The van der Waals surface area contributed by atoms with Crippen molar-refractivity contribution in [1.82, 2.24) is 4.90 Å². The van der Waals surface area contributed by atoms with Gasteiger partial charge in [0.1, 0.15) is 5.75 Å². The summed E-state index contributed by atoms with van der Waals surface area (Å²) >= 11 is 3.33. The van der Waals surface area contributed by atoms with E-state index in [9.17, 15) is 9.59 Å². The number of likely N-dealkylation sites (N-methyl/N-ethyl adjacent to an activating group) is 1. The predicted octanol–water partition coefficient (Wildman–Crippen LogP) is 2.79. The standard InChI is InChI=1S/C15H18BrNO4/c1-10(2)17(3)14(18)9-21-12-5-6-13(16)11(8-12)4-7-15(19)20/h4-8,10H,9H2,1-3H3,(H,19,20)/b7-4+. The zero-order valence-electron chi connectivity index (χ0n) is 12.2. The second-order valence-corrected chi connectivity index (χ2v) is 5.60. The molecular formula is C15H18BrNO4. The van der Waals surface area contributed by atoms with Crippen LogP contribution >= 0.6 is 15.9 Å². The predicted molar refractivity (Wildman–Crippen MR) is 84.2 cm³/mol. The van der Waals surface area contributed by atoms with Crippen molar-refractivity contribution in [3.63, 3.8) is 0 Å². The van der Waals surface area contributed by atoms with E-state index in [4.69, 9.17) is 9.84 Å². The summed E-state index contributed by atoms with van der Waals surface area (Å²) in [6.45, 7) is 3.79. The number of halogens is 1. The summed E-state index contributed by atoms with van der Waals surface area (Å²) in [5.74, 6) is -0.633. The highest BCUT2D eigenvalue weighted by Gasteiger charge is 2.12. The van der Waals surface area contributed by atoms with Gasteiger partial charge >= 0.3 is 5.97 Å². The van der Waals surface area contributed by atoms with Gasteiger partial charge in [0, 0.05) is 23.6 Å². The molecule has 0 atom stereocenters. The summed E-state index contributed by atoms with van der Waals surface area (Å²) in [6.07, 6.45) is 2.50. The summed E-state index contributed by atoms with van der Waals surface area (Å²) in [6, 6.07) is 5.24. The van der Waals surface area contributed by atoms with Crippen molar-refractivity contribution in [2.45, 2.75) is 19.9 Å². The molecule has 114 valence electrons. The average Bonchev–Trinajstić information content (AvgIpc) is 2.43. The van der Waals surface area contributed by atoms with Crippen LogP contribution < -0.4 is 4.74 Å². The summed E-state index contributed by atoms with van der Waals surface area (Å²) < 4.78 is 6.20. The number of rotatable bonds is 6. The topological polar surface area (TPSA) is 66.8 Å². The Labute approximate surface area is 132 Å². The molecule has 6 heteroatoms. The van der Waals surface area contributed by atoms with Crippen LogP contribution in [-0.4, -0.2) is 41.6 Å². The van der Waals surface area contributed by atoms with Crippen LogP contribution in [0.25, 0.3) is 6.08 Å². The minimum absolute atomic E-state index is 0.0571. The first-order chi connectivity index (χ1) is 9.81. The van der Waals surface area contributed by atoms with E-state index in [0.717, 1.165) is 10.5 Å². The van der Waals surface area contributed by atoms with Crippen LogP contribution in [0, 0.1) is 0 Å². The molecule has 1 amide bonds. The molecule has 0 spiro atoms. The molecule has 21 heavy (non-hydrogen) atoms. The SMILES string of the molecule is CC(C)N(C)C(=O)COc1ccc(Br)c(/C=C/C(=O)O)c1. The first-order valence-corrected chi connectivity index (χ1v) is 7.19. The number of carboxylic acid groups (broad SMARTS) is 1. The Hall–Kier alpha value is -1.82. The molecule has 1 rings (SSSR count). The summed E-state index contributed by atoms with van der Waals surface area (Å²) in [4.78, 5) is 24.0. The number of nitrogens with zero attached hydrogens (tertiary/aromatic N) is 1. The van der Waals surface area contributed by atoms with Crippen LogP contribution in [0.2, 0.25) is 0 Å². The van der Waals surface area contributed by atoms with Gasteiger partial charge in [-0.15, -0.1) is 0 Å². The van der Waals surface area contributed by atoms with E-state index in [-0.39, 0.29) is 18.6 Å². The number of amides is 1. The Kier molecular flexibility index (Phi) is 6.42. The van der Waals surface area contributed by atoms with Crippen molar-refractivity contribution in [2.24, 2.45) is 0 Å². The molecule has 0 bridgehead atoms. The fourth-order valence-corrected chi connectivity index (χ4v) is 1.81. The molecule has 0 aliphatic carbocycles. The molecule has 1 aromatic carbocycles. The minimum atomic E-state index is -1.03. The van der Waals surface area contributed by atoms with Crippen molar-refractivity contribution in [3.8, 4) is 5.75 Å². The van der Waals surface area contributed by atoms with Crippen LogP contribution in [0.1, 0.15) is 19.4 Å². The number of hydrogen-bond acceptors (Lipinski definition) is 3. The van der Waals surface area contributed by atoms with Gasteiger partial charge in [0.25, 0.3) is 5.91 Å². The Morgan fingerprint density at radius 3 is 2.67 bits per heavy atom. The highest BCUT2D eigenvalue weighted by molar-refractivity contribution is 9.10. The summed E-state index contributed by atoms with van der Waals surface area (Å²) in [5, 5.41) is 8.64. The summed E-state index contributed by atoms with van der Waals surface area (Å²) in [7, 11) is 1.72. The smallest absolute Gasteiger partial charge is 0.328 e. The highest BCUT2D eigenvalue weighted by atomic mass is 79.9. The van der Waals surface area contributed by atoms with Gasteiger partial charge in [-0.05, 0) is 43.7 Å². The van der Waals surface area contributed by atoms with E-state index >= 15 is 0 Å². The molecule has 0 aromatic heterocycles. The second kappa shape index (κ2) is 7.83. The highest BCUT2D eigenvalue weighted by Crippen LogP contribution is 2.24. The lowest BCUT2D eigenvalue weighted by molar-refractivity contribution is -0.133. The Balaban J connectivity index is 2.75. The Morgan fingerprint density at radius 2 is 2.10 bits per heavy atom. The maximum atomic E-state index is 11.8. The molecule has 0 heterocycles. The third kappa shape index (κ3) is 5.59. The van der Waals surface area contributed by atoms with Crippen molar-refractivity contribution < 1.29 is 19.4 Å². The van der Waals surface area contributed by atoms with Crippen molar-refractivity contribution >= 4 is 33.9 Å². The minimum Gasteiger partial charge on any atom is -0.484 e. The average molecular weight is 356 g/mol. The first-order valence-electron chi connectivity index (χ1n) is 6.40. The Morgan fingerprint density at radius 1 is 1.43 bits per heavy atom. The largest absolute Gasteiger partial charge is 0.484 e. The first kappa shape index (κ1) is 17.2. The van der Waals surface area contributed by atoms with E-state index in [1.807, 2.05) is 13.8 Å². The van der Waals surface area contributed by atoms with Crippen molar-refractivity contribution in [2.75, 3.05) is 13.7 Å². The van der Waals surface area contributed by atoms with Gasteiger partial charge in [0.05, 0.1) is 0 Å². The number of ether oxygens (including phenoxy) is 1. The van der Waals surface area contributed by atoms with Crippen molar-refractivity contribution in [1.29, 1.82) is 0 Å². The number of hydrogen-bond donors (Lipinski definition) is 1. The number of carbonyl (C=O) groups is 2. The van der Waals surface area contributed by atoms with Crippen LogP contribution in [-0.2, 0) is 9.59 Å². The number of carbonyl (C=O) groups excluding carboxylic acids is 1. The fourth-order valence-electron chi connectivity index (χ4n) is 1.44. The van der Waals surface area contributed by atoms with Crippen LogP contribution in [0.3, 0.4) is 0 Å². The van der Waals surface area contributed by atoms with Gasteiger partial charge < -0.3 is 14.7 Å². The monoisotopic (exact) mass is 355 g/mol. The third-order valence-corrected chi connectivity index (χ3v) is 3.63. The molecule has 0 aliphatic rings. The van der Waals surface area contributed by atoms with Crippen LogP contribution in [0.4, 0.5) is 0 Å². The maximum Gasteiger partial charge on any atom is 0.328 e. The van der Waals surface area contributed by atoms with E-state index < -0.39 is 5.97 Å². The van der Waals surface area contributed by atoms with E-state index in [1.165, 1.54) is 6.08 Å². The molecule has 0 fully saturated rings. The molecule has 5 nitrogen and oxygen atoms in total. The van der Waals surface area contributed by atoms with E-state index in [0.29, 0.717) is 11.3 Å². The lowest BCUT2D eigenvalue weighted by atomic mass is 10.2. The van der Waals surface area contributed by atoms with Gasteiger partial charge in [0.15, 0.2) is 6.61 Å². The van der Waals surface area contributed by atoms with Gasteiger partial charge in [-0.25, -0.2) is 4.79 Å². The normalized spacial score (nSPS) is 10.9. The maximum absolute atomic E-state index is 11.8. The van der Waals surface area contributed by atoms with Crippen LogP contribution in [0.15, 0.2) is 28.7 Å². The molecule has 1 N–H and O–H groups in total. The molecule has 0 radical (unpaired) electrons. The molecule has 0 saturated heterocycles. The number of aliphatic carboxylic acids is 1. The van der Waals surface area contributed by atoms with Gasteiger partial charge in [-0.3, -0.25) is 4.79 Å². The Bertz CT molecular complexity index is 555. The lowest BCUT2D eigenvalue weighted by Crippen LogP contribution is -2.36. The molecule has 1 aromatic rings.